The van der Waals surface area contributed by atoms with E-state index in [1.807, 2.05) is 45.8 Å². The molecule has 2 aromatic heterocycles. The van der Waals surface area contributed by atoms with Gasteiger partial charge in [-0.05, 0) is 6.07 Å². The number of hydrogen-bond donors (Lipinski definition) is 2. The van der Waals surface area contributed by atoms with Crippen LogP contribution in [0.5, 0.6) is 0 Å². The summed E-state index contributed by atoms with van der Waals surface area (Å²) >= 11 is 1.52. The number of pyridine rings is 1. The van der Waals surface area contributed by atoms with Crippen LogP contribution in [0.3, 0.4) is 0 Å². The Hall–Kier alpha value is -2.32. The van der Waals surface area contributed by atoms with Crippen LogP contribution in [0.25, 0.3) is 5.65 Å². The molecule has 0 spiro atoms. The molecule has 4 rings (SSSR count). The molecule has 2 aliphatic heterocycles. The molecular weight excluding hydrogens is 316 g/mol. The molecule has 4 heterocycles. The maximum atomic E-state index is 12.0. The third kappa shape index (κ3) is 2.06. The van der Waals surface area contributed by atoms with E-state index < -0.39 is 12.0 Å². The summed E-state index contributed by atoms with van der Waals surface area (Å²) in [6.07, 6.45) is 5.75. The molecule has 3 N–H and O–H groups in total. The molecule has 0 saturated carbocycles. The van der Waals surface area contributed by atoms with Gasteiger partial charge in [0.1, 0.15) is 36.1 Å². The van der Waals surface area contributed by atoms with Crippen molar-refractivity contribution in [2.45, 2.75) is 18.0 Å². The first-order chi connectivity index (χ1) is 11.1. The second-order valence-corrected chi connectivity index (χ2v) is 6.69. The average Bonchev–Trinajstić information content (AvgIpc) is 2.96. The van der Waals surface area contributed by atoms with Crippen molar-refractivity contribution in [3.63, 3.8) is 0 Å². The lowest BCUT2D eigenvalue weighted by Crippen LogP contribution is -2.68. The number of amides is 1. The Morgan fingerprint density at radius 2 is 2.26 bits per heavy atom. The van der Waals surface area contributed by atoms with Crippen molar-refractivity contribution >= 4 is 29.3 Å². The molecule has 2 aromatic rings. The van der Waals surface area contributed by atoms with Crippen LogP contribution in [0.2, 0.25) is 0 Å². The summed E-state index contributed by atoms with van der Waals surface area (Å²) in [6.45, 7) is 0.431. The van der Waals surface area contributed by atoms with Gasteiger partial charge in [0.25, 0.3) is 5.65 Å². The second kappa shape index (κ2) is 5.10. The van der Waals surface area contributed by atoms with E-state index in [2.05, 4.69) is 0 Å². The lowest BCUT2D eigenvalue weighted by molar-refractivity contribution is -0.662. The lowest BCUT2D eigenvalue weighted by Gasteiger charge is -2.47. The van der Waals surface area contributed by atoms with E-state index in [9.17, 15) is 14.7 Å². The zero-order valence-corrected chi connectivity index (χ0v) is 12.9. The number of carboxylic acids is 1. The van der Waals surface area contributed by atoms with Crippen LogP contribution < -0.4 is 10.3 Å². The summed E-state index contributed by atoms with van der Waals surface area (Å²) in [5, 5.41) is 9.30. The maximum Gasteiger partial charge on any atom is 0.352 e. The Labute approximate surface area is 136 Å². The predicted octanol–water partition coefficient (Wildman–Crippen LogP) is -0.192. The highest BCUT2D eigenvalue weighted by molar-refractivity contribution is 8.00. The minimum absolute atomic E-state index is 0.0863. The van der Waals surface area contributed by atoms with Gasteiger partial charge in [0.15, 0.2) is 0 Å². The first-order valence-corrected chi connectivity index (χ1v) is 8.23. The van der Waals surface area contributed by atoms with Crippen molar-refractivity contribution in [3.05, 3.63) is 48.1 Å². The van der Waals surface area contributed by atoms with E-state index in [1.165, 1.54) is 16.7 Å². The second-order valence-electron chi connectivity index (χ2n) is 5.59. The number of nitrogens with two attached hydrogens (primary N) is 1. The van der Waals surface area contributed by atoms with E-state index in [0.29, 0.717) is 12.3 Å². The van der Waals surface area contributed by atoms with Gasteiger partial charge in [-0.1, -0.05) is 6.07 Å². The number of hydrogen-bond acceptors (Lipinski definition) is 4. The molecular formula is C15H15N4O3S+. The molecule has 2 aliphatic rings. The molecule has 0 aliphatic carbocycles. The smallest absolute Gasteiger partial charge is 0.352 e. The van der Waals surface area contributed by atoms with E-state index in [4.69, 9.17) is 5.73 Å². The fourth-order valence-electron chi connectivity index (χ4n) is 3.09. The fraction of sp³-hybridized carbons (Fsp3) is 0.267. The Morgan fingerprint density at radius 3 is 3.04 bits per heavy atom. The zero-order valence-electron chi connectivity index (χ0n) is 12.1. The van der Waals surface area contributed by atoms with Gasteiger partial charge in [-0.15, -0.1) is 11.8 Å². The van der Waals surface area contributed by atoms with Gasteiger partial charge in [-0.3, -0.25) is 9.69 Å². The van der Waals surface area contributed by atoms with Gasteiger partial charge in [0, 0.05) is 17.4 Å². The molecule has 7 nitrogen and oxygen atoms in total. The van der Waals surface area contributed by atoms with Crippen LogP contribution in [0.1, 0.15) is 0 Å². The van der Waals surface area contributed by atoms with Crippen molar-refractivity contribution in [1.29, 1.82) is 0 Å². The van der Waals surface area contributed by atoms with Gasteiger partial charge >= 0.3 is 5.97 Å². The van der Waals surface area contributed by atoms with Crippen LogP contribution in [0.15, 0.2) is 48.1 Å². The highest BCUT2D eigenvalue weighted by Gasteiger charge is 2.51. The third-order valence-corrected chi connectivity index (χ3v) is 5.58. The predicted molar refractivity (Wildman–Crippen MR) is 83.3 cm³/mol. The van der Waals surface area contributed by atoms with E-state index >= 15 is 0 Å². The standard InChI is InChI=1S/C15H14N4O3S/c16-11-13(20)19-12(15(21)22)9(8-23-14(11)19)7-18-6-5-17-4-2-1-3-10(17)18/h1-6,11,14H,7-8,16H2/p+1/t11-,14-/m1/s1. The number of carbonyl (C=O) groups excluding carboxylic acids is 1. The Kier molecular flexibility index (Phi) is 3.17. The molecule has 1 amide bonds. The maximum absolute atomic E-state index is 12.0. The molecule has 1 saturated heterocycles. The SMILES string of the molecule is N[C@@H]1C(=O)N2C(C(=O)O)=C(C[n+]3ccn4ccccc43)CS[C@H]12. The number of rotatable bonds is 3. The van der Waals surface area contributed by atoms with Crippen molar-refractivity contribution in [2.24, 2.45) is 5.73 Å². The summed E-state index contributed by atoms with van der Waals surface area (Å²) in [6, 6.07) is 5.23. The molecule has 8 heteroatoms. The first-order valence-electron chi connectivity index (χ1n) is 7.18. The quantitative estimate of drug-likeness (QED) is 0.601. The summed E-state index contributed by atoms with van der Waals surface area (Å²) in [4.78, 5) is 25.0. The van der Waals surface area contributed by atoms with Gasteiger partial charge in [0.05, 0.1) is 6.20 Å². The molecule has 118 valence electrons. The van der Waals surface area contributed by atoms with Gasteiger partial charge in [-0.25, -0.2) is 13.8 Å². The highest BCUT2D eigenvalue weighted by atomic mass is 32.2. The number of nitrogens with zero attached hydrogens (tertiary/aromatic N) is 3. The summed E-state index contributed by atoms with van der Waals surface area (Å²) in [5.74, 6) is -0.834. The van der Waals surface area contributed by atoms with Gasteiger partial charge in [0.2, 0.25) is 5.91 Å². The molecule has 0 unspecified atom stereocenters. The van der Waals surface area contributed by atoms with E-state index in [1.54, 1.807) is 0 Å². The first kappa shape index (κ1) is 14.3. The van der Waals surface area contributed by atoms with Crippen LogP contribution in [-0.2, 0) is 16.1 Å². The van der Waals surface area contributed by atoms with Gasteiger partial charge < -0.3 is 10.8 Å². The number of fused-ring (bicyclic) bond motifs is 2. The van der Waals surface area contributed by atoms with Crippen molar-refractivity contribution in [2.75, 3.05) is 5.75 Å². The normalized spacial score (nSPS) is 23.9. The van der Waals surface area contributed by atoms with Gasteiger partial charge in [-0.2, -0.15) is 0 Å². The number of aliphatic carboxylic acids is 1. The Balaban J connectivity index is 1.74. The largest absolute Gasteiger partial charge is 0.477 e. The van der Waals surface area contributed by atoms with E-state index in [0.717, 1.165) is 11.2 Å². The monoisotopic (exact) mass is 331 g/mol. The molecule has 0 aromatic carbocycles. The molecule has 0 radical (unpaired) electrons. The summed E-state index contributed by atoms with van der Waals surface area (Å²) < 4.78 is 3.94. The number of thioether (sulfide) groups is 1. The molecule has 1 fully saturated rings. The van der Waals surface area contributed by atoms with Crippen LogP contribution in [0, 0.1) is 0 Å². The number of aromatic nitrogens is 2. The highest BCUT2D eigenvalue weighted by Crippen LogP contribution is 2.39. The Bertz CT molecular complexity index is 859. The molecule has 23 heavy (non-hydrogen) atoms. The number of β-lactam (4-membered cyclic amide) rings is 1. The van der Waals surface area contributed by atoms with Crippen molar-refractivity contribution in [3.8, 4) is 0 Å². The number of carboxylic acid groups (broad SMARTS) is 1. The lowest BCUT2D eigenvalue weighted by atomic mass is 10.0. The van der Waals surface area contributed by atoms with E-state index in [-0.39, 0.29) is 17.0 Å². The average molecular weight is 331 g/mol. The summed E-state index contributed by atoms with van der Waals surface area (Å²) in [7, 11) is 0. The van der Waals surface area contributed by atoms with Crippen molar-refractivity contribution in [1.82, 2.24) is 9.30 Å². The minimum atomic E-state index is -1.07. The summed E-state index contributed by atoms with van der Waals surface area (Å²) in [5.41, 5.74) is 7.53. The number of carbonyl (C=O) groups is 2. The number of imidazole rings is 1. The van der Waals surface area contributed by atoms with Crippen molar-refractivity contribution < 1.29 is 19.3 Å². The third-order valence-electron chi connectivity index (χ3n) is 4.22. The fourth-order valence-corrected chi connectivity index (χ4v) is 4.37. The van der Waals surface area contributed by atoms with Crippen LogP contribution in [0.4, 0.5) is 0 Å². The molecule has 0 bridgehead atoms. The van der Waals surface area contributed by atoms with Crippen LogP contribution >= 0.6 is 11.8 Å². The van der Waals surface area contributed by atoms with Crippen LogP contribution in [-0.4, -0.2) is 43.5 Å². The minimum Gasteiger partial charge on any atom is -0.477 e. The zero-order chi connectivity index (χ0) is 16.1. The Morgan fingerprint density at radius 1 is 1.43 bits per heavy atom. The molecule has 2 atom stereocenters. The topological polar surface area (TPSA) is 91.9 Å².